The van der Waals surface area contributed by atoms with Gasteiger partial charge in [-0.25, -0.2) is 9.97 Å². The van der Waals surface area contributed by atoms with Gasteiger partial charge in [0, 0.05) is 18.8 Å². The van der Waals surface area contributed by atoms with Crippen molar-refractivity contribution in [1.82, 2.24) is 14.9 Å². The minimum atomic E-state index is -0.300. The van der Waals surface area contributed by atoms with Crippen molar-refractivity contribution in [3.63, 3.8) is 0 Å². The van der Waals surface area contributed by atoms with Gasteiger partial charge in [0.25, 0.3) is 5.91 Å². The van der Waals surface area contributed by atoms with Crippen molar-refractivity contribution in [2.45, 2.75) is 6.92 Å². The van der Waals surface area contributed by atoms with E-state index in [9.17, 15) is 4.79 Å². The quantitative estimate of drug-likeness (QED) is 0.772. The maximum Gasteiger partial charge on any atom is 0.275 e. The molecule has 0 aliphatic rings. The molecule has 128 valence electrons. The van der Waals surface area contributed by atoms with Crippen LogP contribution in [0.4, 0.5) is 11.5 Å². The molecule has 1 amide bonds. The third kappa shape index (κ3) is 5.51. The molecule has 2 rings (SSSR count). The van der Waals surface area contributed by atoms with Crippen LogP contribution in [0.1, 0.15) is 17.4 Å². The number of aromatic nitrogens is 2. The van der Waals surface area contributed by atoms with Crippen molar-refractivity contribution < 1.29 is 9.53 Å². The molecule has 1 heterocycles. The number of rotatable bonds is 8. The lowest BCUT2D eigenvalue weighted by molar-refractivity contribution is 0.102. The zero-order chi connectivity index (χ0) is 17.4. The molecular formula is C17H23N5O2. The average molecular weight is 329 g/mol. The zero-order valence-electron chi connectivity index (χ0n) is 14.2. The third-order valence-electron chi connectivity index (χ3n) is 3.17. The molecule has 24 heavy (non-hydrogen) atoms. The number of likely N-dealkylation sites (N-methyl/N-ethyl adjacent to an activating group) is 1. The first-order valence-electron chi connectivity index (χ1n) is 7.83. The van der Waals surface area contributed by atoms with Crippen LogP contribution in [0, 0.1) is 0 Å². The van der Waals surface area contributed by atoms with Gasteiger partial charge in [0.1, 0.15) is 17.3 Å². The Morgan fingerprint density at radius 1 is 1.17 bits per heavy atom. The second-order valence-electron chi connectivity index (χ2n) is 5.43. The van der Waals surface area contributed by atoms with Crippen LogP contribution in [0.15, 0.2) is 36.7 Å². The summed E-state index contributed by atoms with van der Waals surface area (Å²) < 4.78 is 5.37. The van der Waals surface area contributed by atoms with E-state index in [0.29, 0.717) is 18.1 Å². The fourth-order valence-electron chi connectivity index (χ4n) is 1.94. The van der Waals surface area contributed by atoms with Gasteiger partial charge in [0.2, 0.25) is 0 Å². The molecule has 0 atom stereocenters. The van der Waals surface area contributed by atoms with Gasteiger partial charge in [-0.15, -0.1) is 0 Å². The topological polar surface area (TPSA) is 79.4 Å². The van der Waals surface area contributed by atoms with Crippen molar-refractivity contribution in [3.8, 4) is 5.75 Å². The summed E-state index contributed by atoms with van der Waals surface area (Å²) in [5.41, 5.74) is 0.945. The Hall–Kier alpha value is -2.67. The van der Waals surface area contributed by atoms with Gasteiger partial charge in [0.05, 0.1) is 19.0 Å². The Morgan fingerprint density at radius 2 is 1.92 bits per heavy atom. The first kappa shape index (κ1) is 17.7. The van der Waals surface area contributed by atoms with E-state index in [0.717, 1.165) is 18.8 Å². The lowest BCUT2D eigenvalue weighted by Crippen LogP contribution is -2.21. The summed E-state index contributed by atoms with van der Waals surface area (Å²) in [5.74, 6) is 1.12. The Labute approximate surface area is 142 Å². The Bertz CT molecular complexity index is 641. The van der Waals surface area contributed by atoms with Crippen LogP contribution in [0.5, 0.6) is 5.75 Å². The number of benzene rings is 1. The Morgan fingerprint density at radius 3 is 2.50 bits per heavy atom. The summed E-state index contributed by atoms with van der Waals surface area (Å²) in [6, 6.07) is 7.19. The number of hydrogen-bond donors (Lipinski definition) is 2. The van der Waals surface area contributed by atoms with E-state index in [2.05, 4.69) is 25.5 Å². The van der Waals surface area contributed by atoms with Gasteiger partial charge in [0.15, 0.2) is 0 Å². The predicted octanol–water partition coefficient (Wildman–Crippen LogP) is 2.10. The lowest BCUT2D eigenvalue weighted by Gasteiger charge is -2.10. The van der Waals surface area contributed by atoms with E-state index in [4.69, 9.17) is 4.74 Å². The summed E-state index contributed by atoms with van der Waals surface area (Å²) >= 11 is 0. The number of carbonyl (C=O) groups is 1. The van der Waals surface area contributed by atoms with E-state index >= 15 is 0 Å². The highest BCUT2D eigenvalue weighted by Crippen LogP contribution is 2.16. The van der Waals surface area contributed by atoms with Crippen LogP contribution in [0.3, 0.4) is 0 Å². The second kappa shape index (κ2) is 8.83. The number of carbonyl (C=O) groups excluding carboxylic acids is 1. The normalized spacial score (nSPS) is 10.5. The largest absolute Gasteiger partial charge is 0.494 e. The molecule has 7 heteroatoms. The van der Waals surface area contributed by atoms with E-state index < -0.39 is 0 Å². The van der Waals surface area contributed by atoms with Crippen LogP contribution in [0.25, 0.3) is 0 Å². The zero-order valence-corrected chi connectivity index (χ0v) is 14.2. The van der Waals surface area contributed by atoms with Gasteiger partial charge in [-0.3, -0.25) is 4.79 Å². The summed E-state index contributed by atoms with van der Waals surface area (Å²) in [7, 11) is 4.00. The van der Waals surface area contributed by atoms with E-state index in [1.165, 1.54) is 6.20 Å². The summed E-state index contributed by atoms with van der Waals surface area (Å²) in [6.07, 6.45) is 3.02. The number of nitrogens with zero attached hydrogens (tertiary/aromatic N) is 3. The average Bonchev–Trinajstić information content (AvgIpc) is 2.57. The molecule has 0 radical (unpaired) electrons. The lowest BCUT2D eigenvalue weighted by atomic mass is 10.3. The van der Waals surface area contributed by atoms with E-state index in [-0.39, 0.29) is 11.6 Å². The molecule has 1 aromatic heterocycles. The monoisotopic (exact) mass is 329 g/mol. The first-order valence-corrected chi connectivity index (χ1v) is 7.83. The molecular weight excluding hydrogens is 306 g/mol. The Balaban J connectivity index is 1.89. The van der Waals surface area contributed by atoms with Crippen molar-refractivity contribution >= 4 is 17.4 Å². The van der Waals surface area contributed by atoms with Crippen molar-refractivity contribution in [1.29, 1.82) is 0 Å². The van der Waals surface area contributed by atoms with Gasteiger partial charge in [-0.2, -0.15) is 0 Å². The molecule has 0 bridgehead atoms. The molecule has 0 aliphatic carbocycles. The molecule has 1 aromatic carbocycles. The minimum Gasteiger partial charge on any atom is -0.494 e. The minimum absolute atomic E-state index is 0.266. The fraction of sp³-hybridized carbons (Fsp3) is 0.353. The number of ether oxygens (including phenoxy) is 1. The van der Waals surface area contributed by atoms with Crippen molar-refractivity contribution in [2.75, 3.05) is 44.4 Å². The maximum absolute atomic E-state index is 12.2. The number of anilines is 2. The Kier molecular flexibility index (Phi) is 6.51. The van der Waals surface area contributed by atoms with Crippen molar-refractivity contribution in [3.05, 3.63) is 42.4 Å². The van der Waals surface area contributed by atoms with Gasteiger partial charge in [-0.1, -0.05) is 0 Å². The third-order valence-corrected chi connectivity index (χ3v) is 3.17. The van der Waals surface area contributed by atoms with Crippen molar-refractivity contribution in [2.24, 2.45) is 0 Å². The highest BCUT2D eigenvalue weighted by Gasteiger charge is 2.08. The maximum atomic E-state index is 12.2. The van der Waals surface area contributed by atoms with Crippen LogP contribution >= 0.6 is 0 Å². The fourth-order valence-corrected chi connectivity index (χ4v) is 1.94. The molecule has 0 unspecified atom stereocenters. The van der Waals surface area contributed by atoms with Gasteiger partial charge in [-0.05, 0) is 45.3 Å². The number of hydrogen-bond acceptors (Lipinski definition) is 6. The van der Waals surface area contributed by atoms with E-state index in [1.807, 2.05) is 33.2 Å². The van der Waals surface area contributed by atoms with Crippen LogP contribution < -0.4 is 15.4 Å². The summed E-state index contributed by atoms with van der Waals surface area (Å²) in [6.45, 7) is 4.19. The standard InChI is InChI=1S/C17H23N5O2/c1-4-24-14-7-5-13(6-8-14)21-17(23)15-11-20-16(12-19-15)18-9-10-22(2)3/h5-8,11-12H,4,9-10H2,1-3H3,(H,18,20)(H,21,23). The van der Waals surface area contributed by atoms with Crippen LogP contribution in [-0.2, 0) is 0 Å². The highest BCUT2D eigenvalue weighted by molar-refractivity contribution is 6.02. The second-order valence-corrected chi connectivity index (χ2v) is 5.43. The SMILES string of the molecule is CCOc1ccc(NC(=O)c2cnc(NCCN(C)C)cn2)cc1. The molecule has 0 saturated carbocycles. The van der Waals surface area contributed by atoms with Crippen LogP contribution in [-0.4, -0.2) is 54.6 Å². The summed E-state index contributed by atoms with van der Waals surface area (Å²) in [5, 5.41) is 5.93. The molecule has 0 fully saturated rings. The number of amides is 1. The predicted molar refractivity (Wildman–Crippen MR) is 94.6 cm³/mol. The number of nitrogens with one attached hydrogen (secondary N) is 2. The van der Waals surface area contributed by atoms with E-state index in [1.54, 1.807) is 18.3 Å². The van der Waals surface area contributed by atoms with Gasteiger partial charge < -0.3 is 20.3 Å². The molecule has 0 aliphatic heterocycles. The smallest absolute Gasteiger partial charge is 0.275 e. The molecule has 2 N–H and O–H groups in total. The molecule has 2 aromatic rings. The molecule has 0 spiro atoms. The first-order chi connectivity index (χ1) is 11.6. The summed E-state index contributed by atoms with van der Waals surface area (Å²) in [4.78, 5) is 22.6. The molecule has 7 nitrogen and oxygen atoms in total. The van der Waals surface area contributed by atoms with Gasteiger partial charge >= 0.3 is 0 Å². The van der Waals surface area contributed by atoms with Crippen LogP contribution in [0.2, 0.25) is 0 Å². The molecule has 0 saturated heterocycles. The highest BCUT2D eigenvalue weighted by atomic mass is 16.5.